The van der Waals surface area contributed by atoms with E-state index in [9.17, 15) is 0 Å². The monoisotopic (exact) mass is 373 g/mol. The van der Waals surface area contributed by atoms with E-state index in [1.165, 1.54) is 0 Å². The molecule has 0 amide bonds. The van der Waals surface area contributed by atoms with Crippen molar-refractivity contribution in [1.29, 1.82) is 0 Å². The molecule has 0 heterocycles. The van der Waals surface area contributed by atoms with E-state index in [0.717, 1.165) is 0 Å². The summed E-state index contributed by atoms with van der Waals surface area (Å²) in [6.07, 6.45) is 0. The summed E-state index contributed by atoms with van der Waals surface area (Å²) in [4.78, 5) is 0. The summed E-state index contributed by atoms with van der Waals surface area (Å²) in [7, 11) is 0. The van der Waals surface area contributed by atoms with Crippen LogP contribution in [0.4, 0.5) is 0 Å². The summed E-state index contributed by atoms with van der Waals surface area (Å²) in [6, 6.07) is 0. The predicted octanol–water partition coefficient (Wildman–Crippen LogP) is -0.656. The topological polar surface area (TPSA) is 0 Å². The summed E-state index contributed by atoms with van der Waals surface area (Å²) in [6.45, 7) is 0. The largest absolute Gasteiger partial charge is 0 e. The maximum atomic E-state index is 2.00. The Kier molecular flexibility index (Phi) is 67.5. The van der Waals surface area contributed by atoms with Gasteiger partial charge >= 0.3 is 35.3 Å². The molecule has 0 saturated carbocycles. The third kappa shape index (κ3) is 8.84. The molecule has 0 aromatic rings. The molecule has 0 nitrogen and oxygen atoms in total. The quantitative estimate of drug-likeness (QED) is 0.499. The van der Waals surface area contributed by atoms with Crippen LogP contribution in [0.15, 0.2) is 0 Å². The van der Waals surface area contributed by atoms with Gasteiger partial charge in [0.25, 0.3) is 0 Å². The van der Waals surface area contributed by atoms with E-state index in [2.05, 4.69) is 0 Å². The standard InChI is InChI=1S/Mo.Nb.H2Te.V/h;;1H2;/q+1;;;/p-1. The Balaban J connectivity index is -0.00000000500. The molecule has 0 bridgehead atoms. The van der Waals surface area contributed by atoms with Crippen LogP contribution in [0.25, 0.3) is 0 Å². The number of hydrogen-bond acceptors (Lipinski definition) is 0. The zero-order chi connectivity index (χ0) is 2.00. The molecule has 0 saturated heterocycles. The number of hydrogen-bond donors (Lipinski definition) is 0. The van der Waals surface area contributed by atoms with Crippen LogP contribution in [0.1, 0.15) is 0 Å². The van der Waals surface area contributed by atoms with Crippen molar-refractivity contribution in [2.45, 2.75) is 0 Å². The molecular formula is HMoNbTeV. The average Bonchev–Trinajstić information content (AvgIpc) is 1.00. The fourth-order valence-corrected chi connectivity index (χ4v) is 0. The van der Waals surface area contributed by atoms with E-state index >= 15 is 0 Å². The van der Waals surface area contributed by atoms with Gasteiger partial charge in [0.15, 0.2) is 0 Å². The molecule has 0 fully saturated rings. The summed E-state index contributed by atoms with van der Waals surface area (Å²) >= 11 is 3.76. The smallest absolute Gasteiger partial charge is 0 e. The molecule has 0 unspecified atom stereocenters. The Labute approximate surface area is 74.8 Å². The molecule has 0 aliphatic rings. The number of rotatable bonds is 0. The van der Waals surface area contributed by atoms with Gasteiger partial charge in [-0.2, -0.15) is 0 Å². The van der Waals surface area contributed by atoms with Crippen LogP contribution in [-0.4, -0.2) is 19.1 Å². The second kappa shape index (κ2) is 17.0. The molecule has 0 N–H and O–H groups in total. The van der Waals surface area contributed by atoms with Crippen molar-refractivity contribution in [3.8, 4) is 0 Å². The van der Waals surface area contributed by atoms with Gasteiger partial charge in [0.05, 0.1) is 0 Å². The molecule has 0 atom stereocenters. The molecule has 2 radical (unpaired) electrons. The summed E-state index contributed by atoms with van der Waals surface area (Å²) < 4.78 is 0. The fraction of sp³-hybridized carbons (Fsp3) is 0. The van der Waals surface area contributed by atoms with Crippen LogP contribution < -0.4 is 0 Å². The van der Waals surface area contributed by atoms with Crippen molar-refractivity contribution >= 4 is 19.1 Å². The van der Waals surface area contributed by atoms with E-state index in [-0.39, 0.29) is 40.9 Å². The minimum Gasteiger partial charge on any atom is 0 e. The third-order valence-electron chi connectivity index (χ3n) is 0. The first kappa shape index (κ1) is 15.8. The predicted molar refractivity (Wildman–Crippen MR) is 7.15 cm³/mol. The van der Waals surface area contributed by atoms with Gasteiger partial charge in [0.2, 0.25) is 0 Å². The molecule has 4 heavy (non-hydrogen) atoms. The Morgan fingerprint density at radius 3 is 1.25 bits per heavy atom. The molecule has 0 aromatic heterocycles. The van der Waals surface area contributed by atoms with Crippen LogP contribution >= 0.6 is 0 Å². The van der Waals surface area contributed by atoms with E-state index in [0.29, 0.717) is 0 Å². The first-order valence-corrected chi connectivity index (χ1v) is 7.25. The Bertz CT molecular complexity index is 8.00. The van der Waals surface area contributed by atoms with E-state index in [1.807, 2.05) is 16.2 Å². The first-order valence-electron chi connectivity index (χ1n) is 0.183. The molecule has 0 aliphatic carbocycles. The zero-order valence-electron chi connectivity index (χ0n) is 1.75. The maximum absolute atomic E-state index is 2.00. The van der Waals surface area contributed by atoms with Crippen molar-refractivity contribution in [3.63, 3.8) is 0 Å². The molecule has 23 valence electrons. The minimum atomic E-state index is 0. The molecule has 4 heteroatoms. The van der Waals surface area contributed by atoms with Crippen molar-refractivity contribution in [2.75, 3.05) is 0 Å². The molecule has 0 rings (SSSR count). The van der Waals surface area contributed by atoms with Crippen LogP contribution in [-0.2, 0) is 57.1 Å². The molecule has 0 aromatic carbocycles. The first-order chi connectivity index (χ1) is 1.00. The zero-order valence-corrected chi connectivity index (χ0v) is 9.90. The Morgan fingerprint density at radius 1 is 1.25 bits per heavy atom. The van der Waals surface area contributed by atoms with Crippen LogP contribution in [0.5, 0.6) is 0 Å². The normalized spacial score (nSPS) is 1.25. The van der Waals surface area contributed by atoms with Crippen LogP contribution in [0.3, 0.4) is 0 Å². The van der Waals surface area contributed by atoms with Crippen LogP contribution in [0.2, 0.25) is 0 Å². The van der Waals surface area contributed by atoms with E-state index in [4.69, 9.17) is 0 Å². The van der Waals surface area contributed by atoms with Crippen molar-refractivity contribution in [2.24, 2.45) is 0 Å². The molecular weight excluding hydrogens is 367 g/mol. The van der Waals surface area contributed by atoms with Crippen molar-refractivity contribution in [3.05, 3.63) is 0 Å². The minimum absolute atomic E-state index is 0. The SMILES string of the molecule is [Mo][TeH].[Nb].[V]. The maximum Gasteiger partial charge on any atom is 0 e. The van der Waals surface area contributed by atoms with E-state index < -0.39 is 0 Å². The van der Waals surface area contributed by atoms with Gasteiger partial charge in [-0.1, -0.05) is 0 Å². The average molecular weight is 368 g/mol. The molecule has 0 spiro atoms. The Morgan fingerprint density at radius 2 is 1.25 bits per heavy atom. The van der Waals surface area contributed by atoms with Gasteiger partial charge < -0.3 is 0 Å². The second-order valence-electron chi connectivity index (χ2n) is 0. The van der Waals surface area contributed by atoms with Gasteiger partial charge in [0.1, 0.15) is 0 Å². The third-order valence-corrected chi connectivity index (χ3v) is 0. The second-order valence-corrected chi connectivity index (χ2v) is 0. The van der Waals surface area contributed by atoms with E-state index in [1.54, 1.807) is 19.1 Å². The Hall–Kier alpha value is 2.80. The van der Waals surface area contributed by atoms with Gasteiger partial charge in [-0.25, -0.2) is 0 Å². The summed E-state index contributed by atoms with van der Waals surface area (Å²) in [5.41, 5.74) is 0. The van der Waals surface area contributed by atoms with Crippen LogP contribution in [0, 0.1) is 0 Å². The van der Waals surface area contributed by atoms with Gasteiger partial charge in [0, 0.05) is 40.9 Å². The van der Waals surface area contributed by atoms with Gasteiger partial charge in [-0.05, 0) is 0 Å². The van der Waals surface area contributed by atoms with Gasteiger partial charge in [-0.3, -0.25) is 0 Å². The van der Waals surface area contributed by atoms with Crippen molar-refractivity contribution in [1.82, 2.24) is 0 Å². The van der Waals surface area contributed by atoms with Crippen molar-refractivity contribution < 1.29 is 57.1 Å². The van der Waals surface area contributed by atoms with Gasteiger partial charge in [-0.15, -0.1) is 0 Å². The fourth-order valence-electron chi connectivity index (χ4n) is 0. The summed E-state index contributed by atoms with van der Waals surface area (Å²) in [5.74, 6) is 0. The summed E-state index contributed by atoms with van der Waals surface area (Å²) in [5, 5.41) is 0. The molecule has 0 aliphatic heterocycles.